The van der Waals surface area contributed by atoms with Crippen molar-refractivity contribution in [2.75, 3.05) is 23.7 Å². The van der Waals surface area contributed by atoms with Crippen LogP contribution in [0.25, 0.3) is 0 Å². The lowest BCUT2D eigenvalue weighted by molar-refractivity contribution is -0.135. The number of carboxylic acid groups (broad SMARTS) is 2. The number of hydrogen-bond acceptors (Lipinski definition) is 4. The van der Waals surface area contributed by atoms with Gasteiger partial charge < -0.3 is 20.8 Å². The van der Waals surface area contributed by atoms with Gasteiger partial charge >= 0.3 is 11.9 Å². The molecular formula is C17H19ClN2O4. The van der Waals surface area contributed by atoms with Crippen molar-refractivity contribution in [3.8, 4) is 0 Å². The predicted molar refractivity (Wildman–Crippen MR) is 94.7 cm³/mol. The molecule has 24 heavy (non-hydrogen) atoms. The molecule has 2 rings (SSSR count). The van der Waals surface area contributed by atoms with Gasteiger partial charge in [-0.3, -0.25) is 9.59 Å². The van der Waals surface area contributed by atoms with Crippen LogP contribution in [-0.4, -0.2) is 35.2 Å². The number of halogens is 1. The van der Waals surface area contributed by atoms with Crippen LogP contribution in [0.4, 0.5) is 11.4 Å². The van der Waals surface area contributed by atoms with Gasteiger partial charge in [0.05, 0.1) is 0 Å². The molecule has 6 nitrogen and oxygen atoms in total. The van der Waals surface area contributed by atoms with E-state index in [1.165, 1.54) is 0 Å². The van der Waals surface area contributed by atoms with Gasteiger partial charge in [-0.05, 0) is 29.8 Å². The van der Waals surface area contributed by atoms with E-state index in [2.05, 4.69) is 10.6 Å². The first-order chi connectivity index (χ1) is 11.5. The van der Waals surface area contributed by atoms with Crippen molar-refractivity contribution in [2.45, 2.75) is 5.88 Å². The van der Waals surface area contributed by atoms with Crippen molar-refractivity contribution in [1.29, 1.82) is 0 Å². The summed E-state index contributed by atoms with van der Waals surface area (Å²) in [7, 11) is 0. The zero-order chi connectivity index (χ0) is 17.8. The number of anilines is 2. The van der Waals surface area contributed by atoms with Crippen LogP contribution < -0.4 is 10.6 Å². The molecule has 0 aliphatic heterocycles. The smallest absolute Gasteiger partial charge is 0.322 e. The monoisotopic (exact) mass is 350 g/mol. The Hall–Kier alpha value is -2.73. The molecule has 0 heterocycles. The Balaban J connectivity index is 0.000000243. The Bertz CT molecular complexity index is 633. The summed E-state index contributed by atoms with van der Waals surface area (Å²) in [6.45, 7) is -0.107. The molecule has 7 heteroatoms. The molecular weight excluding hydrogens is 332 g/mol. The number of alkyl halides is 1. The van der Waals surface area contributed by atoms with Gasteiger partial charge in [-0.25, -0.2) is 0 Å². The lowest BCUT2D eigenvalue weighted by Crippen LogP contribution is -2.12. The van der Waals surface area contributed by atoms with Gasteiger partial charge in [0.25, 0.3) is 0 Å². The minimum Gasteiger partial charge on any atom is -0.480 e. The fraction of sp³-hybridized carbons (Fsp3) is 0.176. The van der Waals surface area contributed by atoms with Gasteiger partial charge in [-0.15, -0.1) is 11.6 Å². The van der Waals surface area contributed by atoms with E-state index in [0.29, 0.717) is 5.88 Å². The van der Waals surface area contributed by atoms with E-state index in [-0.39, 0.29) is 13.1 Å². The third-order valence-electron chi connectivity index (χ3n) is 2.77. The summed E-state index contributed by atoms with van der Waals surface area (Å²) < 4.78 is 0. The Morgan fingerprint density at radius 3 is 1.67 bits per heavy atom. The zero-order valence-corrected chi connectivity index (χ0v) is 13.7. The van der Waals surface area contributed by atoms with Gasteiger partial charge in [0.15, 0.2) is 0 Å². The van der Waals surface area contributed by atoms with Crippen molar-refractivity contribution in [1.82, 2.24) is 0 Å². The molecule has 0 saturated heterocycles. The van der Waals surface area contributed by atoms with Gasteiger partial charge in [-0.1, -0.05) is 30.3 Å². The summed E-state index contributed by atoms with van der Waals surface area (Å²) in [5, 5.41) is 22.2. The highest BCUT2D eigenvalue weighted by molar-refractivity contribution is 6.17. The number of carboxylic acids is 2. The van der Waals surface area contributed by atoms with E-state index in [0.717, 1.165) is 16.9 Å². The molecule has 0 fully saturated rings. The molecule has 0 bridgehead atoms. The zero-order valence-electron chi connectivity index (χ0n) is 12.9. The third-order valence-corrected chi connectivity index (χ3v) is 3.08. The molecule has 0 amide bonds. The molecule has 0 spiro atoms. The molecule has 4 N–H and O–H groups in total. The lowest BCUT2D eigenvalue weighted by atomic mass is 10.2. The number of hydrogen-bond donors (Lipinski definition) is 4. The van der Waals surface area contributed by atoms with Crippen molar-refractivity contribution in [3.05, 3.63) is 60.2 Å². The Kier molecular flexibility index (Phi) is 8.78. The van der Waals surface area contributed by atoms with Crippen LogP contribution in [0, 0.1) is 0 Å². The second-order valence-electron chi connectivity index (χ2n) is 4.69. The first-order valence-corrected chi connectivity index (χ1v) is 7.66. The quantitative estimate of drug-likeness (QED) is 0.573. The summed E-state index contributed by atoms with van der Waals surface area (Å²) in [5.41, 5.74) is 2.63. The fourth-order valence-electron chi connectivity index (χ4n) is 1.62. The van der Waals surface area contributed by atoms with Gasteiger partial charge in [0, 0.05) is 17.3 Å². The topological polar surface area (TPSA) is 98.7 Å². The summed E-state index contributed by atoms with van der Waals surface area (Å²) >= 11 is 5.59. The van der Waals surface area contributed by atoms with Gasteiger partial charge in [0.1, 0.15) is 13.1 Å². The number of rotatable bonds is 7. The van der Waals surface area contributed by atoms with E-state index in [9.17, 15) is 9.59 Å². The number of carbonyl (C=O) groups is 2. The summed E-state index contributed by atoms with van der Waals surface area (Å²) in [6.07, 6.45) is 0. The van der Waals surface area contributed by atoms with E-state index in [4.69, 9.17) is 21.8 Å². The first kappa shape index (κ1) is 19.3. The maximum Gasteiger partial charge on any atom is 0.322 e. The molecule has 0 aromatic heterocycles. The summed E-state index contributed by atoms with van der Waals surface area (Å²) in [6, 6.07) is 16.6. The summed E-state index contributed by atoms with van der Waals surface area (Å²) in [5.74, 6) is -1.26. The van der Waals surface area contributed by atoms with Crippen LogP contribution in [-0.2, 0) is 15.5 Å². The van der Waals surface area contributed by atoms with Crippen LogP contribution >= 0.6 is 11.6 Å². The number of benzene rings is 2. The minimum absolute atomic E-state index is 0.0377. The lowest BCUT2D eigenvalue weighted by Gasteiger charge is -2.03. The van der Waals surface area contributed by atoms with Crippen LogP contribution in [0.3, 0.4) is 0 Å². The molecule has 128 valence electrons. The fourth-order valence-corrected chi connectivity index (χ4v) is 1.80. The van der Waals surface area contributed by atoms with Gasteiger partial charge in [-0.2, -0.15) is 0 Å². The van der Waals surface area contributed by atoms with Crippen LogP contribution in [0.15, 0.2) is 54.6 Å². The van der Waals surface area contributed by atoms with Crippen LogP contribution in [0.2, 0.25) is 0 Å². The van der Waals surface area contributed by atoms with Crippen molar-refractivity contribution in [2.24, 2.45) is 0 Å². The average Bonchev–Trinajstić information content (AvgIpc) is 2.60. The van der Waals surface area contributed by atoms with E-state index in [1.54, 1.807) is 12.1 Å². The molecule has 0 atom stereocenters. The second kappa shape index (κ2) is 10.9. The number of para-hydroxylation sites is 1. The van der Waals surface area contributed by atoms with Crippen molar-refractivity contribution >= 4 is 34.9 Å². The molecule has 2 aromatic rings. The SMILES string of the molecule is O=C(O)CNc1ccc(CCl)cc1.O=C(O)CNc1ccccc1. The van der Waals surface area contributed by atoms with E-state index < -0.39 is 11.9 Å². The second-order valence-corrected chi connectivity index (χ2v) is 4.96. The number of aliphatic carboxylic acids is 2. The molecule has 0 saturated carbocycles. The van der Waals surface area contributed by atoms with E-state index >= 15 is 0 Å². The van der Waals surface area contributed by atoms with Crippen LogP contribution in [0.1, 0.15) is 5.56 Å². The molecule has 0 unspecified atom stereocenters. The van der Waals surface area contributed by atoms with Crippen LogP contribution in [0.5, 0.6) is 0 Å². The summed E-state index contributed by atoms with van der Waals surface area (Å²) in [4.78, 5) is 20.3. The minimum atomic E-state index is -0.874. The highest BCUT2D eigenvalue weighted by atomic mass is 35.5. The number of nitrogens with one attached hydrogen (secondary N) is 2. The first-order valence-electron chi connectivity index (χ1n) is 7.12. The average molecular weight is 351 g/mol. The highest BCUT2D eigenvalue weighted by Crippen LogP contribution is 2.10. The normalized spacial score (nSPS) is 9.38. The van der Waals surface area contributed by atoms with Crippen molar-refractivity contribution < 1.29 is 19.8 Å². The highest BCUT2D eigenvalue weighted by Gasteiger charge is 1.96. The third kappa shape index (κ3) is 8.65. The molecule has 0 aliphatic carbocycles. The molecule has 0 radical (unpaired) electrons. The largest absolute Gasteiger partial charge is 0.480 e. The predicted octanol–water partition coefficient (Wildman–Crippen LogP) is 3.11. The van der Waals surface area contributed by atoms with E-state index in [1.807, 2.05) is 42.5 Å². The standard InChI is InChI=1S/C9H10ClNO2.C8H9NO2/c10-5-7-1-3-8(4-2-7)11-6-9(12)13;10-8(11)6-9-7-4-2-1-3-5-7/h1-4,11H,5-6H2,(H,12,13);1-5,9H,6H2,(H,10,11). The Morgan fingerprint density at radius 1 is 0.792 bits per heavy atom. The molecule has 2 aromatic carbocycles. The van der Waals surface area contributed by atoms with Gasteiger partial charge in [0.2, 0.25) is 0 Å². The maximum absolute atomic E-state index is 10.2. The Labute approximate surface area is 145 Å². The Morgan fingerprint density at radius 2 is 1.25 bits per heavy atom. The maximum atomic E-state index is 10.2. The van der Waals surface area contributed by atoms with Crippen molar-refractivity contribution in [3.63, 3.8) is 0 Å². The molecule has 0 aliphatic rings.